The summed E-state index contributed by atoms with van der Waals surface area (Å²) in [6.07, 6.45) is -21.1. The molecule has 30 nitrogen and oxygen atoms in total. The average molecular weight is 1330 g/mol. The van der Waals surface area contributed by atoms with Gasteiger partial charge in [0.05, 0.1) is 82.1 Å². The fourth-order valence-electron chi connectivity index (χ4n) is 9.09. The highest BCUT2D eigenvalue weighted by atomic mass is 32.2. The first-order chi connectivity index (χ1) is 42.2. The van der Waals surface area contributed by atoms with E-state index in [1.54, 1.807) is 11.4 Å². The van der Waals surface area contributed by atoms with Crippen molar-refractivity contribution in [3.05, 3.63) is 30.0 Å². The number of fused-ring (bicyclic) bond motifs is 2. The SMILES string of the molecule is O=C(S)CSC1CC(=O)N(CCOc2ccc3c(c2)c(C(=O)OCCOCCOCC(=O)NC[C@H]2O[C@@H]4OCCN(C(=O)C(F)(F)F)[C@@H]4[C@@H](O)[C@H]2O)cn3CC(=O)OCCOCCOCC(=O)NC[C@H]2O[C@H](OCCNC(=O)C(F)(F)F)C[C@@H](O)[C@H]2O)C1=O. The number of benzene rings is 1. The van der Waals surface area contributed by atoms with Gasteiger partial charge in [-0.25, -0.2) is 4.79 Å². The Morgan fingerprint density at radius 2 is 1.37 bits per heavy atom. The van der Waals surface area contributed by atoms with E-state index in [1.165, 1.54) is 22.9 Å². The van der Waals surface area contributed by atoms with E-state index < -0.39 is 171 Å². The second-order valence-corrected chi connectivity index (χ2v) is 21.4. The molecule has 6 amide bonds. The standard InChI is InChI=1S/C51H66F6N6O24S2/c52-50(53,54)48(75)58-3-6-83-40-18-31(64)42(70)32(86-40)20-59-35(65)24-79-11-9-77-13-15-82-38(68)23-61-22-29(28-17-27(1-2-30(28)61)81-7-4-62-37(67)19-34(45(62)73)89-26-39(69)88)46(74)84-16-14-78-10-12-80-25-36(66)60-21-33-43(71)44(72)41-47(87-33)85-8-5-63(41)49(76)51(55,56)57/h1-2,17,22,31-34,40-44,47,64,70-72H,3-16,18-21,23-26H2,(H,58,75)(H,59,65)(H,60,66)(H,69,88)/t31-,32-,33-,34?,40+,41-,42-,43+,44-,47+/m1/s1. The lowest BCUT2D eigenvalue weighted by atomic mass is 9.94. The van der Waals surface area contributed by atoms with E-state index in [-0.39, 0.29) is 114 Å². The molecular weight excluding hydrogens is 1260 g/mol. The van der Waals surface area contributed by atoms with Gasteiger partial charge >= 0.3 is 36.1 Å². The molecule has 89 heavy (non-hydrogen) atoms. The lowest BCUT2D eigenvalue weighted by molar-refractivity contribution is -0.300. The van der Waals surface area contributed by atoms with Gasteiger partial charge in [0.25, 0.3) is 0 Å². The van der Waals surface area contributed by atoms with Crippen LogP contribution in [0.3, 0.4) is 0 Å². The Kier molecular flexibility index (Phi) is 27.9. The lowest BCUT2D eigenvalue weighted by Crippen LogP contribution is -2.70. The molecule has 1 aromatic carbocycles. The van der Waals surface area contributed by atoms with E-state index in [2.05, 4.69) is 23.3 Å². The number of rotatable bonds is 34. The summed E-state index contributed by atoms with van der Waals surface area (Å²) < 4.78 is 138. The Morgan fingerprint density at radius 3 is 2.01 bits per heavy atom. The summed E-state index contributed by atoms with van der Waals surface area (Å²) >= 11 is 4.70. The lowest BCUT2D eigenvalue weighted by Gasteiger charge is -2.49. The second-order valence-electron chi connectivity index (χ2n) is 19.7. The van der Waals surface area contributed by atoms with Crippen LogP contribution < -0.4 is 20.7 Å². The van der Waals surface area contributed by atoms with E-state index >= 15 is 0 Å². The number of likely N-dealkylation sites (tertiary alicyclic amines) is 1. The highest BCUT2D eigenvalue weighted by molar-refractivity contribution is 8.05. The molecule has 1 unspecified atom stereocenters. The highest BCUT2D eigenvalue weighted by Gasteiger charge is 2.55. The molecule has 0 spiro atoms. The van der Waals surface area contributed by atoms with Crippen LogP contribution in [-0.4, -0.2) is 285 Å². The Balaban J connectivity index is 0.904. The predicted octanol–water partition coefficient (Wildman–Crippen LogP) is -2.90. The normalized spacial score (nSPS) is 23.9. The Morgan fingerprint density at radius 1 is 0.742 bits per heavy atom. The number of alkyl halides is 6. The molecule has 1 aromatic heterocycles. The number of amides is 6. The van der Waals surface area contributed by atoms with E-state index in [4.69, 9.17) is 52.1 Å². The number of esters is 2. The maximum Gasteiger partial charge on any atom is 0.471 e. The van der Waals surface area contributed by atoms with Crippen molar-refractivity contribution in [2.24, 2.45) is 0 Å². The third-order valence-corrected chi connectivity index (χ3v) is 14.9. The summed E-state index contributed by atoms with van der Waals surface area (Å²) in [5, 5.41) is 47.2. The molecule has 0 aliphatic carbocycles. The van der Waals surface area contributed by atoms with Crippen LogP contribution in [0.5, 0.6) is 5.75 Å². The first kappa shape index (κ1) is 72.1. The van der Waals surface area contributed by atoms with Crippen LogP contribution in [0.4, 0.5) is 26.3 Å². The van der Waals surface area contributed by atoms with Crippen molar-refractivity contribution in [1.82, 2.24) is 30.3 Å². The maximum absolute atomic E-state index is 13.6. The third kappa shape index (κ3) is 21.8. The summed E-state index contributed by atoms with van der Waals surface area (Å²) in [4.78, 5) is 112. The van der Waals surface area contributed by atoms with Crippen molar-refractivity contribution >= 4 is 87.8 Å². The van der Waals surface area contributed by atoms with E-state index in [9.17, 15) is 89.9 Å². The van der Waals surface area contributed by atoms with E-state index in [0.29, 0.717) is 10.4 Å². The molecule has 4 aliphatic heterocycles. The molecule has 38 heteroatoms. The molecule has 2 aromatic rings. The zero-order valence-corrected chi connectivity index (χ0v) is 48.8. The number of carbonyl (C=O) groups excluding carboxylic acids is 9. The molecule has 4 saturated heterocycles. The number of thiol groups is 1. The van der Waals surface area contributed by atoms with E-state index in [0.717, 1.165) is 16.7 Å². The van der Waals surface area contributed by atoms with Crippen LogP contribution in [-0.2, 0) is 92.3 Å². The van der Waals surface area contributed by atoms with Gasteiger partial charge in [-0.2, -0.15) is 26.3 Å². The molecule has 6 rings (SSSR count). The van der Waals surface area contributed by atoms with Crippen molar-refractivity contribution in [2.45, 2.75) is 92.2 Å². The molecule has 5 heterocycles. The van der Waals surface area contributed by atoms with Crippen molar-refractivity contribution in [2.75, 3.05) is 124 Å². The van der Waals surface area contributed by atoms with Gasteiger partial charge in [0, 0.05) is 56.1 Å². The number of hydrogen-bond acceptors (Lipinski definition) is 25. The number of morpholine rings is 1. The zero-order valence-electron chi connectivity index (χ0n) is 47.1. The third-order valence-electron chi connectivity index (χ3n) is 13.4. The largest absolute Gasteiger partial charge is 0.492 e. The number of thioether (sulfide) groups is 1. The Hall–Kier alpha value is -6.01. The molecule has 7 N–H and O–H groups in total. The number of aliphatic hydroxyl groups excluding tert-OH is 4. The highest BCUT2D eigenvalue weighted by Crippen LogP contribution is 2.33. The molecule has 4 fully saturated rings. The van der Waals surface area contributed by atoms with Crippen LogP contribution in [0.25, 0.3) is 10.9 Å². The first-order valence-electron chi connectivity index (χ1n) is 27.3. The van der Waals surface area contributed by atoms with Crippen LogP contribution in [0.15, 0.2) is 24.4 Å². The monoisotopic (exact) mass is 1320 g/mol. The van der Waals surface area contributed by atoms with Gasteiger partial charge in [0.2, 0.25) is 23.6 Å². The van der Waals surface area contributed by atoms with Crippen LogP contribution in [0, 0.1) is 0 Å². The first-order valence-corrected chi connectivity index (χ1v) is 28.8. The number of halogens is 6. The number of nitrogens with one attached hydrogen (secondary N) is 3. The molecular formula is C51H66F6N6O24S2. The van der Waals surface area contributed by atoms with Crippen molar-refractivity contribution in [3.63, 3.8) is 0 Å². The molecule has 498 valence electrons. The second kappa shape index (κ2) is 34.4. The van der Waals surface area contributed by atoms with Crippen molar-refractivity contribution < 1.29 is 142 Å². The van der Waals surface area contributed by atoms with Gasteiger partial charge in [0.1, 0.15) is 81.9 Å². The summed E-state index contributed by atoms with van der Waals surface area (Å²) in [6, 6.07) is 2.88. The van der Waals surface area contributed by atoms with Crippen LogP contribution >= 0.6 is 24.4 Å². The van der Waals surface area contributed by atoms with Crippen molar-refractivity contribution in [3.8, 4) is 5.75 Å². The quantitative estimate of drug-likeness (QED) is 0.0115. The molecule has 0 bridgehead atoms. The minimum absolute atomic E-state index is 0.0205. The summed E-state index contributed by atoms with van der Waals surface area (Å²) in [5.41, 5.74) is 0.334. The van der Waals surface area contributed by atoms with E-state index in [1.807, 2.05) is 0 Å². The Labute approximate surface area is 511 Å². The number of aliphatic hydroxyl groups is 4. The fraction of sp³-hybridized carbons (Fsp3) is 0.667. The molecule has 0 radical (unpaired) electrons. The zero-order chi connectivity index (χ0) is 65.0. The van der Waals surface area contributed by atoms with Gasteiger partial charge in [-0.05, 0) is 18.2 Å². The topological polar surface area (TPSA) is 384 Å². The summed E-state index contributed by atoms with van der Waals surface area (Å²) in [7, 11) is 0. The van der Waals surface area contributed by atoms with Crippen LogP contribution in [0.2, 0.25) is 0 Å². The van der Waals surface area contributed by atoms with Gasteiger partial charge in [-0.15, -0.1) is 24.4 Å². The summed E-state index contributed by atoms with van der Waals surface area (Å²) in [6.45, 7) is -5.30. The maximum atomic E-state index is 13.6. The Bertz CT molecular complexity index is 2770. The average Bonchev–Trinajstić information content (AvgIpc) is 1.64. The van der Waals surface area contributed by atoms with Gasteiger partial charge in [0.15, 0.2) is 17.7 Å². The predicted molar refractivity (Wildman–Crippen MR) is 288 cm³/mol. The smallest absolute Gasteiger partial charge is 0.471 e. The number of aromatic nitrogens is 1. The van der Waals surface area contributed by atoms with Crippen LogP contribution in [0.1, 0.15) is 23.2 Å². The minimum atomic E-state index is -5.25. The number of hydrogen-bond donors (Lipinski definition) is 8. The minimum Gasteiger partial charge on any atom is -0.492 e. The number of ether oxygens (including phenoxy) is 11. The van der Waals surface area contributed by atoms with Gasteiger partial charge < -0.3 is 97.9 Å². The fourth-order valence-corrected chi connectivity index (χ4v) is 10.2. The van der Waals surface area contributed by atoms with Gasteiger partial charge in [-0.3, -0.25) is 43.3 Å². The summed E-state index contributed by atoms with van der Waals surface area (Å²) in [5.74, 6) is -8.16. The molecule has 4 aliphatic rings. The number of carbonyl (C=O) groups is 9. The number of imide groups is 1. The molecule has 0 saturated carbocycles. The van der Waals surface area contributed by atoms with Crippen molar-refractivity contribution in [1.29, 1.82) is 0 Å². The number of nitrogens with zero attached hydrogens (tertiary/aromatic N) is 3. The molecule has 10 atom stereocenters. The van der Waals surface area contributed by atoms with Gasteiger partial charge in [-0.1, -0.05) is 0 Å².